The van der Waals surface area contributed by atoms with Crippen LogP contribution in [0, 0.1) is 11.8 Å². The summed E-state index contributed by atoms with van der Waals surface area (Å²) in [6.07, 6.45) is 4.71. The van der Waals surface area contributed by atoms with Gasteiger partial charge in [0.05, 0.1) is 24.8 Å². The van der Waals surface area contributed by atoms with Crippen LogP contribution in [0.4, 0.5) is 0 Å². The van der Waals surface area contributed by atoms with Crippen molar-refractivity contribution in [3.05, 3.63) is 12.2 Å². The van der Waals surface area contributed by atoms with E-state index in [9.17, 15) is 24.0 Å². The number of rotatable bonds is 7. The van der Waals surface area contributed by atoms with Crippen LogP contribution in [-0.2, 0) is 28.7 Å². The first-order valence-electron chi connectivity index (χ1n) is 8.45. The Balaban J connectivity index is 1.75. The number of esters is 1. The lowest BCUT2D eigenvalue weighted by Gasteiger charge is -2.17. The Morgan fingerprint density at radius 3 is 2.31 bits per heavy atom. The minimum atomic E-state index is -0.680. The number of hydrogen-bond donors (Lipinski definition) is 1. The molecule has 142 valence electrons. The number of likely N-dealkylation sites (tertiary alicyclic amines) is 1. The van der Waals surface area contributed by atoms with E-state index in [2.05, 4.69) is 5.32 Å². The van der Waals surface area contributed by atoms with Crippen LogP contribution in [0.3, 0.4) is 0 Å². The molecule has 1 aliphatic heterocycles. The van der Waals surface area contributed by atoms with Crippen molar-refractivity contribution in [1.82, 2.24) is 15.1 Å². The Bertz CT molecular complexity index is 618. The van der Waals surface area contributed by atoms with Gasteiger partial charge in [0.25, 0.3) is 5.91 Å². The SMILES string of the molecule is CNC(=O)CN(C)C(=O)COC(=O)CCN1C(=O)[C@H]2CC=CC[C@@H]2C1=O. The summed E-state index contributed by atoms with van der Waals surface area (Å²) < 4.78 is 4.87. The summed E-state index contributed by atoms with van der Waals surface area (Å²) in [6, 6.07) is 0. The Morgan fingerprint density at radius 1 is 1.19 bits per heavy atom. The molecule has 26 heavy (non-hydrogen) atoms. The highest BCUT2D eigenvalue weighted by atomic mass is 16.5. The minimum absolute atomic E-state index is 0.0498. The molecular weight excluding hydrogens is 342 g/mol. The Kier molecular flexibility index (Phi) is 6.48. The zero-order chi connectivity index (χ0) is 19.3. The van der Waals surface area contributed by atoms with Crippen molar-refractivity contribution in [2.45, 2.75) is 19.3 Å². The summed E-state index contributed by atoms with van der Waals surface area (Å²) in [5.41, 5.74) is 0. The number of fused-ring (bicyclic) bond motifs is 1. The molecule has 1 aliphatic carbocycles. The van der Waals surface area contributed by atoms with Gasteiger partial charge in [0, 0.05) is 20.6 Å². The Labute approximate surface area is 151 Å². The Hall–Kier alpha value is -2.71. The van der Waals surface area contributed by atoms with Crippen molar-refractivity contribution in [2.24, 2.45) is 11.8 Å². The summed E-state index contributed by atoms with van der Waals surface area (Å²) in [7, 11) is 2.87. The molecule has 0 aromatic carbocycles. The standard InChI is InChI=1S/C17H23N3O6/c1-18-13(21)9-19(2)14(22)10-26-15(23)7-8-20-16(24)11-5-3-4-6-12(11)17(20)25/h3-4,11-12H,5-10H2,1-2H3,(H,18,21)/t11-,12-/m0/s1. The molecule has 2 aliphatic rings. The number of nitrogens with zero attached hydrogens (tertiary/aromatic N) is 2. The molecule has 1 heterocycles. The van der Waals surface area contributed by atoms with Gasteiger partial charge < -0.3 is 15.0 Å². The second-order valence-corrected chi connectivity index (χ2v) is 6.32. The highest BCUT2D eigenvalue weighted by Gasteiger charge is 2.46. The number of carbonyl (C=O) groups excluding carboxylic acids is 5. The normalized spacial score (nSPS) is 21.4. The van der Waals surface area contributed by atoms with E-state index >= 15 is 0 Å². The van der Waals surface area contributed by atoms with E-state index in [0.717, 1.165) is 9.80 Å². The predicted octanol–water partition coefficient (Wildman–Crippen LogP) is -0.925. The number of likely N-dealkylation sites (N-methyl/N-ethyl adjacent to an activating group) is 2. The molecule has 4 amide bonds. The van der Waals surface area contributed by atoms with Crippen molar-refractivity contribution in [3.8, 4) is 0 Å². The zero-order valence-corrected chi connectivity index (χ0v) is 14.9. The summed E-state index contributed by atoms with van der Waals surface area (Å²) >= 11 is 0. The van der Waals surface area contributed by atoms with Gasteiger partial charge in [-0.2, -0.15) is 0 Å². The average Bonchev–Trinajstić information content (AvgIpc) is 2.88. The average molecular weight is 365 g/mol. The zero-order valence-electron chi connectivity index (χ0n) is 14.9. The molecule has 1 N–H and O–H groups in total. The first-order valence-corrected chi connectivity index (χ1v) is 8.45. The number of ether oxygens (including phenoxy) is 1. The maximum Gasteiger partial charge on any atom is 0.308 e. The summed E-state index contributed by atoms with van der Waals surface area (Å²) in [6.45, 7) is -0.685. The van der Waals surface area contributed by atoms with E-state index in [4.69, 9.17) is 4.74 Å². The molecule has 1 saturated heterocycles. The van der Waals surface area contributed by atoms with Gasteiger partial charge in [-0.15, -0.1) is 0 Å². The summed E-state index contributed by atoms with van der Waals surface area (Å²) in [5.74, 6) is -2.70. The van der Waals surface area contributed by atoms with E-state index in [0.29, 0.717) is 12.8 Å². The van der Waals surface area contributed by atoms with E-state index in [1.54, 1.807) is 0 Å². The van der Waals surface area contributed by atoms with Gasteiger partial charge in [-0.25, -0.2) is 0 Å². The number of carbonyl (C=O) groups is 5. The van der Waals surface area contributed by atoms with Crippen LogP contribution in [0.25, 0.3) is 0 Å². The molecule has 0 spiro atoms. The summed E-state index contributed by atoms with van der Waals surface area (Å²) in [4.78, 5) is 61.6. The van der Waals surface area contributed by atoms with Crippen LogP contribution < -0.4 is 5.32 Å². The predicted molar refractivity (Wildman–Crippen MR) is 89.4 cm³/mol. The van der Waals surface area contributed by atoms with Gasteiger partial charge >= 0.3 is 5.97 Å². The highest BCUT2D eigenvalue weighted by Crippen LogP contribution is 2.34. The van der Waals surface area contributed by atoms with E-state index in [1.807, 2.05) is 12.2 Å². The molecule has 0 aromatic rings. The van der Waals surface area contributed by atoms with Crippen LogP contribution in [0.2, 0.25) is 0 Å². The third kappa shape index (κ3) is 4.47. The van der Waals surface area contributed by atoms with E-state index in [1.165, 1.54) is 14.1 Å². The van der Waals surface area contributed by atoms with Gasteiger partial charge in [0.2, 0.25) is 17.7 Å². The van der Waals surface area contributed by atoms with Gasteiger partial charge in [0.1, 0.15) is 0 Å². The molecule has 0 saturated carbocycles. The van der Waals surface area contributed by atoms with Crippen molar-refractivity contribution >= 4 is 29.6 Å². The highest BCUT2D eigenvalue weighted by molar-refractivity contribution is 6.05. The van der Waals surface area contributed by atoms with Crippen molar-refractivity contribution in [3.63, 3.8) is 0 Å². The largest absolute Gasteiger partial charge is 0.456 e. The van der Waals surface area contributed by atoms with Gasteiger partial charge in [-0.1, -0.05) is 12.2 Å². The van der Waals surface area contributed by atoms with Crippen molar-refractivity contribution < 1.29 is 28.7 Å². The fraction of sp³-hybridized carbons (Fsp3) is 0.588. The molecule has 2 atom stereocenters. The quantitative estimate of drug-likeness (QED) is 0.354. The molecule has 0 aromatic heterocycles. The number of imide groups is 1. The topological polar surface area (TPSA) is 113 Å². The molecule has 1 fully saturated rings. The monoisotopic (exact) mass is 365 g/mol. The van der Waals surface area contributed by atoms with Gasteiger partial charge in [-0.3, -0.25) is 28.9 Å². The van der Waals surface area contributed by atoms with Crippen LogP contribution in [0.1, 0.15) is 19.3 Å². The first-order chi connectivity index (χ1) is 12.3. The van der Waals surface area contributed by atoms with E-state index < -0.39 is 18.5 Å². The number of hydrogen-bond acceptors (Lipinski definition) is 6. The molecule has 0 unspecified atom stereocenters. The smallest absolute Gasteiger partial charge is 0.308 e. The van der Waals surface area contributed by atoms with Gasteiger partial charge in [-0.05, 0) is 12.8 Å². The second kappa shape index (κ2) is 8.59. The maximum absolute atomic E-state index is 12.3. The number of nitrogens with one attached hydrogen (secondary N) is 1. The minimum Gasteiger partial charge on any atom is -0.456 e. The van der Waals surface area contributed by atoms with Crippen LogP contribution in [0.5, 0.6) is 0 Å². The van der Waals surface area contributed by atoms with Crippen molar-refractivity contribution in [2.75, 3.05) is 33.8 Å². The third-order valence-corrected chi connectivity index (χ3v) is 4.58. The molecule has 0 radical (unpaired) electrons. The van der Waals surface area contributed by atoms with Crippen LogP contribution >= 0.6 is 0 Å². The Morgan fingerprint density at radius 2 is 1.77 bits per heavy atom. The van der Waals surface area contributed by atoms with E-state index in [-0.39, 0.29) is 49.1 Å². The maximum atomic E-state index is 12.3. The van der Waals surface area contributed by atoms with Gasteiger partial charge in [0.15, 0.2) is 6.61 Å². The lowest BCUT2D eigenvalue weighted by Crippen LogP contribution is -2.39. The molecule has 9 heteroatoms. The first kappa shape index (κ1) is 19.6. The lowest BCUT2D eigenvalue weighted by atomic mass is 9.85. The fourth-order valence-corrected chi connectivity index (χ4v) is 3.00. The molecule has 2 rings (SSSR count). The van der Waals surface area contributed by atoms with Crippen LogP contribution in [0.15, 0.2) is 12.2 Å². The number of amides is 4. The van der Waals surface area contributed by atoms with Crippen molar-refractivity contribution in [1.29, 1.82) is 0 Å². The molecule has 0 bridgehead atoms. The third-order valence-electron chi connectivity index (χ3n) is 4.58. The fourth-order valence-electron chi connectivity index (χ4n) is 3.00. The molecule has 9 nitrogen and oxygen atoms in total. The van der Waals surface area contributed by atoms with Crippen LogP contribution in [-0.4, -0.2) is 73.2 Å². The molecular formula is C17H23N3O6. The summed E-state index contributed by atoms with van der Waals surface area (Å²) in [5, 5.41) is 2.38. The lowest BCUT2D eigenvalue weighted by molar-refractivity contribution is -0.152. The number of allylic oxidation sites excluding steroid dienone is 2. The second-order valence-electron chi connectivity index (χ2n) is 6.32.